The van der Waals surface area contributed by atoms with E-state index in [1.807, 2.05) is 0 Å². The predicted molar refractivity (Wildman–Crippen MR) is 57.0 cm³/mol. The second kappa shape index (κ2) is 6.10. The number of amidine groups is 1. The molecule has 86 valence electrons. The Balaban J connectivity index is 5.02. The van der Waals surface area contributed by atoms with Crippen LogP contribution in [0.4, 0.5) is 4.39 Å². The van der Waals surface area contributed by atoms with Crippen LogP contribution in [0.25, 0.3) is 0 Å². The number of halogens is 1. The number of nitrogens with zero attached hydrogens (tertiary/aromatic N) is 2. The summed E-state index contributed by atoms with van der Waals surface area (Å²) < 4.78 is 17.3. The van der Waals surface area contributed by atoms with Gasteiger partial charge in [0, 0.05) is 7.05 Å². The zero-order valence-corrected chi connectivity index (χ0v) is 9.32. The van der Waals surface area contributed by atoms with Crippen LogP contribution in [-0.4, -0.2) is 43.9 Å². The van der Waals surface area contributed by atoms with Crippen molar-refractivity contribution in [2.75, 3.05) is 14.2 Å². The Morgan fingerprint density at radius 3 is 2.33 bits per heavy atom. The van der Waals surface area contributed by atoms with E-state index in [0.717, 1.165) is 0 Å². The molecule has 0 rings (SSSR count). The van der Waals surface area contributed by atoms with Gasteiger partial charge in [0.15, 0.2) is 11.5 Å². The Bertz CT molecular complexity index is 287. The quantitative estimate of drug-likeness (QED) is 0.419. The van der Waals surface area contributed by atoms with Crippen LogP contribution in [0, 0.1) is 0 Å². The number of methoxy groups -OCH3 is 1. The fourth-order valence-electron chi connectivity index (χ4n) is 0.732. The smallest absolute Gasteiger partial charge is 0.360 e. The van der Waals surface area contributed by atoms with Crippen molar-refractivity contribution in [3.8, 4) is 0 Å². The first-order chi connectivity index (χ1) is 6.93. The lowest BCUT2D eigenvalue weighted by molar-refractivity contribution is -0.132. The van der Waals surface area contributed by atoms with Gasteiger partial charge in [0.25, 0.3) is 0 Å². The first-order valence-electron chi connectivity index (χ1n) is 4.46. The first kappa shape index (κ1) is 13.5. The van der Waals surface area contributed by atoms with Gasteiger partial charge in [0.2, 0.25) is 0 Å². The summed E-state index contributed by atoms with van der Waals surface area (Å²) in [5, 5.41) is 0. The second-order valence-electron chi connectivity index (χ2n) is 3.00. The lowest BCUT2D eigenvalue weighted by Gasteiger charge is -2.10. The maximum absolute atomic E-state index is 12.9. The Morgan fingerprint density at radius 1 is 1.47 bits per heavy atom. The standard InChI is InChI=1S/C9H16FN3O2/c1-5(10)6(2)13-7(8(11)12-3)9(14)15-4/h5-6H,1-4H3,(H2,11,12)/b13-7+/t5?,6-/m0/s1. The van der Waals surface area contributed by atoms with Gasteiger partial charge in [-0.2, -0.15) is 0 Å². The highest BCUT2D eigenvalue weighted by atomic mass is 19.1. The summed E-state index contributed by atoms with van der Waals surface area (Å²) in [5.74, 6) is -0.778. The molecule has 0 aliphatic heterocycles. The van der Waals surface area contributed by atoms with Gasteiger partial charge in [-0.05, 0) is 13.8 Å². The van der Waals surface area contributed by atoms with Crippen molar-refractivity contribution in [2.45, 2.75) is 26.1 Å². The maximum atomic E-state index is 12.9. The average Bonchev–Trinajstić information content (AvgIpc) is 2.23. The fourth-order valence-corrected chi connectivity index (χ4v) is 0.732. The van der Waals surface area contributed by atoms with Gasteiger partial charge in [-0.15, -0.1) is 0 Å². The van der Waals surface area contributed by atoms with Crippen LogP contribution in [0.3, 0.4) is 0 Å². The van der Waals surface area contributed by atoms with Gasteiger partial charge in [-0.25, -0.2) is 9.18 Å². The summed E-state index contributed by atoms with van der Waals surface area (Å²) >= 11 is 0. The predicted octanol–water partition coefficient (Wildman–Crippen LogP) is 0.334. The van der Waals surface area contributed by atoms with Crippen LogP contribution in [0.15, 0.2) is 9.98 Å². The maximum Gasteiger partial charge on any atom is 0.360 e. The van der Waals surface area contributed by atoms with E-state index in [2.05, 4.69) is 14.7 Å². The molecule has 1 unspecified atom stereocenters. The molecular weight excluding hydrogens is 201 g/mol. The molecule has 0 aromatic rings. The van der Waals surface area contributed by atoms with Crippen LogP contribution in [0.2, 0.25) is 0 Å². The average molecular weight is 217 g/mol. The molecule has 0 fully saturated rings. The lowest BCUT2D eigenvalue weighted by atomic mass is 10.2. The van der Waals surface area contributed by atoms with Crippen molar-refractivity contribution < 1.29 is 13.9 Å². The number of alkyl halides is 1. The number of nitrogens with two attached hydrogens (primary N) is 1. The van der Waals surface area contributed by atoms with E-state index in [1.165, 1.54) is 28.0 Å². The lowest BCUT2D eigenvalue weighted by Crippen LogP contribution is -2.34. The molecule has 2 N–H and O–H groups in total. The third-order valence-corrected chi connectivity index (χ3v) is 1.86. The van der Waals surface area contributed by atoms with E-state index in [9.17, 15) is 9.18 Å². The zero-order valence-electron chi connectivity index (χ0n) is 9.32. The number of ether oxygens (including phenoxy) is 1. The van der Waals surface area contributed by atoms with Gasteiger partial charge in [-0.1, -0.05) is 0 Å². The monoisotopic (exact) mass is 217 g/mol. The van der Waals surface area contributed by atoms with E-state index < -0.39 is 18.2 Å². The molecule has 0 aliphatic rings. The van der Waals surface area contributed by atoms with Crippen molar-refractivity contribution in [3.63, 3.8) is 0 Å². The Labute approximate surface area is 88.2 Å². The fraction of sp³-hybridized carbons (Fsp3) is 0.667. The number of hydrogen-bond acceptors (Lipinski definition) is 4. The van der Waals surface area contributed by atoms with Crippen molar-refractivity contribution in [1.29, 1.82) is 0 Å². The normalized spacial score (nSPS) is 17.1. The number of carbonyl (C=O) groups is 1. The zero-order chi connectivity index (χ0) is 12.0. The Kier molecular flexibility index (Phi) is 5.51. The minimum atomic E-state index is -1.17. The minimum absolute atomic E-state index is 0.0608. The molecule has 0 radical (unpaired) electrons. The van der Waals surface area contributed by atoms with E-state index >= 15 is 0 Å². The van der Waals surface area contributed by atoms with Crippen molar-refractivity contribution >= 4 is 17.5 Å². The van der Waals surface area contributed by atoms with Crippen molar-refractivity contribution in [3.05, 3.63) is 0 Å². The Morgan fingerprint density at radius 2 is 2.00 bits per heavy atom. The molecule has 0 saturated heterocycles. The highest BCUT2D eigenvalue weighted by Gasteiger charge is 2.19. The summed E-state index contributed by atoms with van der Waals surface area (Å²) in [6, 6.07) is -0.667. The molecule has 2 atom stereocenters. The van der Waals surface area contributed by atoms with Gasteiger partial charge in [0.1, 0.15) is 6.17 Å². The third kappa shape index (κ3) is 4.05. The molecule has 0 amide bonds. The molecule has 6 heteroatoms. The molecule has 0 heterocycles. The second-order valence-corrected chi connectivity index (χ2v) is 3.00. The Hall–Kier alpha value is -1.46. The summed E-state index contributed by atoms with van der Waals surface area (Å²) in [6.45, 7) is 2.89. The SMILES string of the molecule is C/N=C(N)\C(=N/[C@@H](C)C(C)F)C(=O)OC. The van der Waals surface area contributed by atoms with Gasteiger partial charge in [0.05, 0.1) is 13.2 Å². The third-order valence-electron chi connectivity index (χ3n) is 1.86. The van der Waals surface area contributed by atoms with E-state index in [-0.39, 0.29) is 11.5 Å². The molecule has 15 heavy (non-hydrogen) atoms. The summed E-state index contributed by atoms with van der Waals surface area (Å²) in [4.78, 5) is 18.7. The molecule has 0 spiro atoms. The molecule has 0 aliphatic carbocycles. The van der Waals surface area contributed by atoms with Gasteiger partial charge < -0.3 is 10.5 Å². The van der Waals surface area contributed by atoms with Crippen LogP contribution < -0.4 is 5.73 Å². The van der Waals surface area contributed by atoms with E-state index in [4.69, 9.17) is 5.73 Å². The number of aliphatic imine (C=N–C) groups is 2. The van der Waals surface area contributed by atoms with E-state index in [0.29, 0.717) is 0 Å². The number of rotatable bonds is 4. The number of hydrogen-bond donors (Lipinski definition) is 1. The topological polar surface area (TPSA) is 77.0 Å². The summed E-state index contributed by atoms with van der Waals surface area (Å²) in [7, 11) is 2.61. The highest BCUT2D eigenvalue weighted by molar-refractivity contribution is 6.65. The first-order valence-corrected chi connectivity index (χ1v) is 4.46. The molecule has 0 saturated carbocycles. The van der Waals surface area contributed by atoms with Crippen molar-refractivity contribution in [1.82, 2.24) is 0 Å². The largest absolute Gasteiger partial charge is 0.464 e. The number of esters is 1. The molecule has 5 nitrogen and oxygen atoms in total. The highest BCUT2D eigenvalue weighted by Crippen LogP contribution is 2.03. The van der Waals surface area contributed by atoms with Crippen LogP contribution in [-0.2, 0) is 9.53 Å². The van der Waals surface area contributed by atoms with Gasteiger partial charge >= 0.3 is 5.97 Å². The van der Waals surface area contributed by atoms with Crippen molar-refractivity contribution in [2.24, 2.45) is 15.7 Å². The molecular formula is C9H16FN3O2. The van der Waals surface area contributed by atoms with Crippen LogP contribution in [0.1, 0.15) is 13.8 Å². The van der Waals surface area contributed by atoms with Gasteiger partial charge in [-0.3, -0.25) is 9.98 Å². The van der Waals surface area contributed by atoms with Crippen LogP contribution >= 0.6 is 0 Å². The van der Waals surface area contributed by atoms with E-state index in [1.54, 1.807) is 0 Å². The molecule has 0 bridgehead atoms. The minimum Gasteiger partial charge on any atom is -0.464 e. The van der Waals surface area contributed by atoms with Crippen LogP contribution in [0.5, 0.6) is 0 Å². The summed E-state index contributed by atoms with van der Waals surface area (Å²) in [5.41, 5.74) is 5.30. The molecule has 0 aromatic carbocycles. The molecule has 0 aromatic heterocycles. The summed E-state index contributed by atoms with van der Waals surface area (Å²) in [6.07, 6.45) is -1.17. The number of carbonyl (C=O) groups excluding carboxylic acids is 1.